The highest BCUT2D eigenvalue weighted by molar-refractivity contribution is 7.92. The fourth-order valence-corrected chi connectivity index (χ4v) is 6.60. The highest BCUT2D eigenvalue weighted by Gasteiger charge is 2.35. The molecule has 0 aromatic heterocycles. The predicted octanol–water partition coefficient (Wildman–Crippen LogP) is 5.97. The van der Waals surface area contributed by atoms with Crippen LogP contribution in [0.5, 0.6) is 0 Å². The number of nitrogens with one attached hydrogen (secondary N) is 1. The number of carbonyl (C=O) groups excluding carboxylic acids is 2. The Morgan fingerprint density at radius 2 is 1.43 bits per heavy atom. The van der Waals surface area contributed by atoms with E-state index < -0.39 is 28.5 Å². The smallest absolute Gasteiger partial charge is 0.264 e. The lowest BCUT2D eigenvalue weighted by molar-refractivity contribution is -0.140. The van der Waals surface area contributed by atoms with E-state index in [2.05, 4.69) is 5.32 Å². The van der Waals surface area contributed by atoms with Gasteiger partial charge >= 0.3 is 0 Å². The van der Waals surface area contributed by atoms with Gasteiger partial charge in [0.05, 0.1) is 10.6 Å². The third-order valence-corrected chi connectivity index (χ3v) is 9.44. The minimum Gasteiger partial charge on any atom is -0.354 e. The average Bonchev–Trinajstić information content (AvgIpc) is 3.03. The molecule has 4 aromatic carbocycles. The van der Waals surface area contributed by atoms with E-state index in [1.807, 2.05) is 94.4 Å². The fraction of sp³-hybridized carbons (Fsp3) is 0.278. The number of rotatable bonds is 13. The standard InChI is InChI=1S/C36H41N3O4S/c1-5-22-37-36(41)34(24-30-15-8-6-9-16-30)38(25-31-17-13-12-14-28(31)3)35(40)26-39(33-23-27(2)20-21-29(33)4)44(42,43)32-18-10-7-11-19-32/h6-21,23,34H,5,22,24-26H2,1-4H3,(H,37,41). The molecule has 0 fully saturated rings. The molecule has 1 unspecified atom stereocenters. The van der Waals surface area contributed by atoms with Crippen LogP contribution in [0.15, 0.2) is 108 Å². The Hall–Kier alpha value is -4.43. The Balaban J connectivity index is 1.83. The van der Waals surface area contributed by atoms with E-state index >= 15 is 0 Å². The Labute approximate surface area is 261 Å². The molecule has 0 heterocycles. The largest absolute Gasteiger partial charge is 0.354 e. The first kappa shape index (κ1) is 32.5. The minimum atomic E-state index is -4.14. The quantitative estimate of drug-likeness (QED) is 0.202. The van der Waals surface area contributed by atoms with Crippen LogP contribution in [0.4, 0.5) is 5.69 Å². The highest BCUT2D eigenvalue weighted by atomic mass is 32.2. The summed E-state index contributed by atoms with van der Waals surface area (Å²) in [7, 11) is -4.14. The van der Waals surface area contributed by atoms with Gasteiger partial charge in [-0.1, -0.05) is 91.9 Å². The number of hydrogen-bond acceptors (Lipinski definition) is 4. The molecular formula is C36H41N3O4S. The van der Waals surface area contributed by atoms with E-state index in [4.69, 9.17) is 0 Å². The molecule has 0 saturated heterocycles. The molecule has 4 rings (SSSR count). The first-order valence-corrected chi connectivity index (χ1v) is 16.4. The van der Waals surface area contributed by atoms with Crippen molar-refractivity contribution in [1.29, 1.82) is 0 Å². The Kier molecular flexibility index (Phi) is 11.0. The summed E-state index contributed by atoms with van der Waals surface area (Å²) in [6.07, 6.45) is 1.02. The molecule has 7 nitrogen and oxygen atoms in total. The van der Waals surface area contributed by atoms with Crippen LogP contribution < -0.4 is 9.62 Å². The summed E-state index contributed by atoms with van der Waals surface area (Å²) in [4.78, 5) is 30.0. The van der Waals surface area contributed by atoms with Gasteiger partial charge < -0.3 is 10.2 Å². The molecule has 0 aliphatic rings. The monoisotopic (exact) mass is 611 g/mol. The normalized spacial score (nSPS) is 11.9. The maximum absolute atomic E-state index is 14.6. The summed E-state index contributed by atoms with van der Waals surface area (Å²) in [6, 6.07) is 30.1. The molecule has 0 aliphatic carbocycles. The maximum atomic E-state index is 14.6. The van der Waals surface area contributed by atoms with E-state index in [1.165, 1.54) is 16.4 Å². The van der Waals surface area contributed by atoms with Crippen molar-refractivity contribution in [3.05, 3.63) is 131 Å². The van der Waals surface area contributed by atoms with E-state index in [9.17, 15) is 18.0 Å². The first-order chi connectivity index (χ1) is 21.1. The molecule has 8 heteroatoms. The SMILES string of the molecule is CCCNC(=O)C(Cc1ccccc1)N(Cc1ccccc1C)C(=O)CN(c1cc(C)ccc1C)S(=O)(=O)c1ccccc1. The van der Waals surface area contributed by atoms with Gasteiger partial charge in [0.2, 0.25) is 11.8 Å². The molecule has 1 N–H and O–H groups in total. The van der Waals surface area contributed by atoms with Crippen LogP contribution in [-0.2, 0) is 32.6 Å². The summed E-state index contributed by atoms with van der Waals surface area (Å²) in [5.41, 5.74) is 4.76. The third-order valence-electron chi connectivity index (χ3n) is 7.67. The highest BCUT2D eigenvalue weighted by Crippen LogP contribution is 2.29. The Morgan fingerprint density at radius 3 is 2.09 bits per heavy atom. The van der Waals surface area contributed by atoms with Crippen molar-refractivity contribution in [1.82, 2.24) is 10.2 Å². The Bertz CT molecular complexity index is 1670. The summed E-state index contributed by atoms with van der Waals surface area (Å²) in [5.74, 6) is -0.747. The van der Waals surface area contributed by atoms with Gasteiger partial charge in [0.15, 0.2) is 0 Å². The second-order valence-corrected chi connectivity index (χ2v) is 12.9. The van der Waals surface area contributed by atoms with Gasteiger partial charge in [-0.2, -0.15) is 0 Å². The van der Waals surface area contributed by atoms with E-state index in [0.29, 0.717) is 12.2 Å². The maximum Gasteiger partial charge on any atom is 0.264 e. The van der Waals surface area contributed by atoms with Crippen molar-refractivity contribution >= 4 is 27.5 Å². The van der Waals surface area contributed by atoms with Gasteiger partial charge in [0, 0.05) is 19.5 Å². The van der Waals surface area contributed by atoms with Gasteiger partial charge in [0.1, 0.15) is 12.6 Å². The zero-order valence-corrected chi connectivity index (χ0v) is 26.7. The van der Waals surface area contributed by atoms with Crippen molar-refractivity contribution in [2.75, 3.05) is 17.4 Å². The second kappa shape index (κ2) is 14.8. The second-order valence-electron chi connectivity index (χ2n) is 11.1. The first-order valence-electron chi connectivity index (χ1n) is 14.9. The number of sulfonamides is 1. The van der Waals surface area contributed by atoms with Crippen LogP contribution in [0.1, 0.15) is 41.2 Å². The van der Waals surface area contributed by atoms with Gasteiger partial charge in [-0.05, 0) is 73.2 Å². The molecule has 0 bridgehead atoms. The fourth-order valence-electron chi connectivity index (χ4n) is 5.11. The number of anilines is 1. The number of carbonyl (C=O) groups is 2. The van der Waals surface area contributed by atoms with Crippen molar-refractivity contribution < 1.29 is 18.0 Å². The van der Waals surface area contributed by atoms with Gasteiger partial charge in [-0.25, -0.2) is 8.42 Å². The van der Waals surface area contributed by atoms with E-state index in [0.717, 1.165) is 34.2 Å². The predicted molar refractivity (Wildman–Crippen MR) is 176 cm³/mol. The lowest BCUT2D eigenvalue weighted by Gasteiger charge is -2.34. The van der Waals surface area contributed by atoms with Crippen LogP contribution in [0, 0.1) is 20.8 Å². The molecule has 0 radical (unpaired) electrons. The van der Waals surface area contributed by atoms with Crippen molar-refractivity contribution in [3.63, 3.8) is 0 Å². The minimum absolute atomic E-state index is 0.0840. The zero-order valence-electron chi connectivity index (χ0n) is 25.9. The topological polar surface area (TPSA) is 86.8 Å². The average molecular weight is 612 g/mol. The summed E-state index contributed by atoms with van der Waals surface area (Å²) in [5, 5.41) is 2.98. The molecule has 0 spiro atoms. The molecule has 230 valence electrons. The Morgan fingerprint density at radius 1 is 0.795 bits per heavy atom. The number of hydrogen-bond donors (Lipinski definition) is 1. The van der Waals surface area contributed by atoms with Crippen molar-refractivity contribution in [2.24, 2.45) is 0 Å². The van der Waals surface area contributed by atoms with E-state index in [1.54, 1.807) is 29.2 Å². The van der Waals surface area contributed by atoms with Crippen molar-refractivity contribution in [3.8, 4) is 0 Å². The van der Waals surface area contributed by atoms with Crippen LogP contribution >= 0.6 is 0 Å². The van der Waals surface area contributed by atoms with Gasteiger partial charge in [-0.3, -0.25) is 13.9 Å². The third kappa shape index (κ3) is 7.94. The molecule has 0 saturated carbocycles. The molecule has 1 atom stereocenters. The molecule has 4 aromatic rings. The molecular weight excluding hydrogens is 570 g/mol. The lowest BCUT2D eigenvalue weighted by Crippen LogP contribution is -2.53. The molecule has 44 heavy (non-hydrogen) atoms. The number of amides is 2. The van der Waals surface area contributed by atoms with Gasteiger partial charge in [0.25, 0.3) is 10.0 Å². The number of benzene rings is 4. The van der Waals surface area contributed by atoms with E-state index in [-0.39, 0.29) is 23.8 Å². The molecule has 0 aliphatic heterocycles. The van der Waals surface area contributed by atoms with Crippen LogP contribution in [-0.4, -0.2) is 44.3 Å². The lowest BCUT2D eigenvalue weighted by atomic mass is 10.0. The molecule has 2 amide bonds. The van der Waals surface area contributed by atoms with Crippen LogP contribution in [0.2, 0.25) is 0 Å². The van der Waals surface area contributed by atoms with Gasteiger partial charge in [-0.15, -0.1) is 0 Å². The zero-order chi connectivity index (χ0) is 31.7. The number of nitrogens with zero attached hydrogens (tertiary/aromatic N) is 2. The summed E-state index contributed by atoms with van der Waals surface area (Å²) < 4.78 is 29.5. The summed E-state index contributed by atoms with van der Waals surface area (Å²) >= 11 is 0. The van der Waals surface area contributed by atoms with Crippen molar-refractivity contribution in [2.45, 2.75) is 58.0 Å². The van der Waals surface area contributed by atoms with Crippen LogP contribution in [0.3, 0.4) is 0 Å². The summed E-state index contributed by atoms with van der Waals surface area (Å²) in [6.45, 7) is 7.79. The van der Waals surface area contributed by atoms with Crippen LogP contribution in [0.25, 0.3) is 0 Å². The number of aryl methyl sites for hydroxylation is 3.